The lowest BCUT2D eigenvalue weighted by Gasteiger charge is -2.09. The van der Waals surface area contributed by atoms with E-state index in [-0.39, 0.29) is 17.9 Å². The number of nitrogens with one attached hydrogen (secondary N) is 1. The Bertz CT molecular complexity index is 1410. The zero-order chi connectivity index (χ0) is 21.9. The van der Waals surface area contributed by atoms with Crippen LogP contribution in [0.4, 0.5) is 4.39 Å². The predicted octanol–water partition coefficient (Wildman–Crippen LogP) is 3.94. The molecule has 0 aliphatic rings. The van der Waals surface area contributed by atoms with Crippen LogP contribution in [-0.2, 0) is 6.54 Å². The Kier molecular flexibility index (Phi) is 5.09. The van der Waals surface area contributed by atoms with Gasteiger partial charge in [-0.05, 0) is 42.0 Å². The van der Waals surface area contributed by atoms with Crippen molar-refractivity contribution in [2.45, 2.75) is 6.54 Å². The highest BCUT2D eigenvalue weighted by molar-refractivity contribution is 5.62. The molecule has 1 N–H and O–H groups in total. The quantitative estimate of drug-likeness (QED) is 0.462. The Balaban J connectivity index is 1.41. The number of nitrogens with zero attached hydrogens (tertiary/aromatic N) is 5. The normalized spacial score (nSPS) is 10.9. The van der Waals surface area contributed by atoms with Gasteiger partial charge in [0.05, 0.1) is 18.4 Å². The first-order chi connectivity index (χ1) is 15.7. The van der Waals surface area contributed by atoms with Gasteiger partial charge in [0, 0.05) is 46.9 Å². The molecule has 2 aromatic carbocycles. The molecule has 32 heavy (non-hydrogen) atoms. The molecule has 0 saturated carbocycles. The maximum Gasteiger partial charge on any atom is 0.267 e. The molecule has 0 saturated heterocycles. The number of benzene rings is 2. The average Bonchev–Trinajstić information content (AvgIpc) is 3.37. The van der Waals surface area contributed by atoms with Crippen LogP contribution in [0.1, 0.15) is 5.56 Å². The summed E-state index contributed by atoms with van der Waals surface area (Å²) in [6, 6.07) is 16.8. The number of aromatic nitrogens is 6. The Hall–Kier alpha value is -4.46. The molecule has 0 spiro atoms. The van der Waals surface area contributed by atoms with E-state index in [0.29, 0.717) is 11.5 Å². The first-order valence-electron chi connectivity index (χ1n) is 9.90. The van der Waals surface area contributed by atoms with Crippen LogP contribution in [0.25, 0.3) is 33.8 Å². The SMILES string of the molecule is O=c1ccc(-c2ccc(F)cc2)nn1Cc1cccc(-c2ncc(-c3cn[nH]c3)cn2)c1. The molecule has 0 atom stereocenters. The minimum Gasteiger partial charge on any atom is -0.285 e. The van der Waals surface area contributed by atoms with Crippen LogP contribution < -0.4 is 5.56 Å². The van der Waals surface area contributed by atoms with E-state index in [2.05, 4.69) is 25.3 Å². The third-order valence-electron chi connectivity index (χ3n) is 5.01. The second-order valence-corrected chi connectivity index (χ2v) is 7.20. The Morgan fingerprint density at radius 3 is 2.41 bits per heavy atom. The molecule has 0 aliphatic heterocycles. The van der Waals surface area contributed by atoms with Gasteiger partial charge >= 0.3 is 0 Å². The van der Waals surface area contributed by atoms with Gasteiger partial charge in [-0.25, -0.2) is 19.0 Å². The van der Waals surface area contributed by atoms with Crippen molar-refractivity contribution in [2.24, 2.45) is 0 Å². The monoisotopic (exact) mass is 424 g/mol. The Labute approximate surface area is 182 Å². The van der Waals surface area contributed by atoms with Gasteiger partial charge in [0.25, 0.3) is 5.56 Å². The lowest BCUT2D eigenvalue weighted by Crippen LogP contribution is -2.22. The summed E-state index contributed by atoms with van der Waals surface area (Å²) in [5.41, 5.74) is 4.62. The van der Waals surface area contributed by atoms with Crippen LogP contribution >= 0.6 is 0 Å². The van der Waals surface area contributed by atoms with E-state index in [9.17, 15) is 9.18 Å². The summed E-state index contributed by atoms with van der Waals surface area (Å²) in [6.45, 7) is 0.287. The first kappa shape index (κ1) is 19.5. The Morgan fingerprint density at radius 1 is 0.844 bits per heavy atom. The molecule has 8 heteroatoms. The van der Waals surface area contributed by atoms with Gasteiger partial charge in [-0.2, -0.15) is 10.2 Å². The molecule has 0 radical (unpaired) electrons. The lowest BCUT2D eigenvalue weighted by molar-refractivity contribution is 0.627. The van der Waals surface area contributed by atoms with Crippen LogP contribution in [0.5, 0.6) is 0 Å². The average molecular weight is 424 g/mol. The summed E-state index contributed by atoms with van der Waals surface area (Å²) in [7, 11) is 0. The van der Waals surface area contributed by atoms with Gasteiger partial charge < -0.3 is 0 Å². The largest absolute Gasteiger partial charge is 0.285 e. The maximum atomic E-state index is 13.2. The van der Waals surface area contributed by atoms with Crippen molar-refractivity contribution in [1.29, 1.82) is 0 Å². The Morgan fingerprint density at radius 2 is 1.66 bits per heavy atom. The third kappa shape index (κ3) is 4.06. The number of rotatable bonds is 5. The summed E-state index contributed by atoms with van der Waals surface area (Å²) in [6.07, 6.45) is 6.99. The van der Waals surface area contributed by atoms with Crippen molar-refractivity contribution in [3.63, 3.8) is 0 Å². The van der Waals surface area contributed by atoms with Crippen molar-refractivity contribution in [3.05, 3.63) is 107 Å². The molecule has 7 nitrogen and oxygen atoms in total. The molecule has 3 aromatic heterocycles. The highest BCUT2D eigenvalue weighted by Gasteiger charge is 2.08. The van der Waals surface area contributed by atoms with E-state index >= 15 is 0 Å². The maximum absolute atomic E-state index is 13.2. The molecule has 0 aliphatic carbocycles. The fourth-order valence-corrected chi connectivity index (χ4v) is 3.35. The number of aromatic amines is 1. The van der Waals surface area contributed by atoms with Crippen LogP contribution in [0.15, 0.2) is 90.2 Å². The minimum absolute atomic E-state index is 0.220. The molecular weight excluding hydrogens is 407 g/mol. The number of halogens is 1. The fraction of sp³-hybridized carbons (Fsp3) is 0.0417. The van der Waals surface area contributed by atoms with Crippen LogP contribution in [0.3, 0.4) is 0 Å². The molecule has 0 fully saturated rings. The van der Waals surface area contributed by atoms with Gasteiger partial charge in [0.15, 0.2) is 5.82 Å². The van der Waals surface area contributed by atoms with E-state index in [0.717, 1.165) is 27.8 Å². The zero-order valence-electron chi connectivity index (χ0n) is 16.8. The van der Waals surface area contributed by atoms with Crippen molar-refractivity contribution >= 4 is 0 Å². The van der Waals surface area contributed by atoms with Crippen LogP contribution in [0.2, 0.25) is 0 Å². The molecule has 156 valence electrons. The highest BCUT2D eigenvalue weighted by atomic mass is 19.1. The number of H-pyrrole nitrogens is 1. The molecule has 0 unspecified atom stereocenters. The summed E-state index contributed by atoms with van der Waals surface area (Å²) >= 11 is 0. The van der Waals surface area contributed by atoms with Gasteiger partial charge in [-0.3, -0.25) is 9.89 Å². The predicted molar refractivity (Wildman–Crippen MR) is 118 cm³/mol. The molecular formula is C24H17FN6O. The molecule has 0 amide bonds. The van der Waals surface area contributed by atoms with Crippen molar-refractivity contribution in [1.82, 2.24) is 29.9 Å². The van der Waals surface area contributed by atoms with E-state index < -0.39 is 0 Å². The van der Waals surface area contributed by atoms with Gasteiger partial charge in [-0.1, -0.05) is 18.2 Å². The second kappa shape index (κ2) is 8.35. The summed E-state index contributed by atoms with van der Waals surface area (Å²) in [5.74, 6) is 0.262. The summed E-state index contributed by atoms with van der Waals surface area (Å²) in [5, 5.41) is 11.2. The van der Waals surface area contributed by atoms with Gasteiger partial charge in [-0.15, -0.1) is 0 Å². The number of hydrogen-bond acceptors (Lipinski definition) is 5. The smallest absolute Gasteiger partial charge is 0.267 e. The fourth-order valence-electron chi connectivity index (χ4n) is 3.35. The molecule has 3 heterocycles. The van der Waals surface area contributed by atoms with Gasteiger partial charge in [0.1, 0.15) is 5.82 Å². The standard InChI is InChI=1S/C24H17FN6O/c25-21-6-4-17(5-7-21)22-8-9-23(32)31(30-22)15-16-2-1-3-18(10-16)24-26-11-19(12-27-24)20-13-28-29-14-20/h1-14H,15H2,(H,28,29). The van der Waals surface area contributed by atoms with Crippen LogP contribution in [-0.4, -0.2) is 29.9 Å². The van der Waals surface area contributed by atoms with E-state index in [4.69, 9.17) is 0 Å². The topological polar surface area (TPSA) is 89.4 Å². The van der Waals surface area contributed by atoms with Gasteiger partial charge in [0.2, 0.25) is 0 Å². The molecule has 5 aromatic rings. The summed E-state index contributed by atoms with van der Waals surface area (Å²) < 4.78 is 14.6. The van der Waals surface area contributed by atoms with E-state index in [1.807, 2.05) is 24.3 Å². The zero-order valence-corrected chi connectivity index (χ0v) is 16.8. The minimum atomic E-state index is -0.320. The number of hydrogen-bond donors (Lipinski definition) is 1. The lowest BCUT2D eigenvalue weighted by atomic mass is 10.1. The summed E-state index contributed by atoms with van der Waals surface area (Å²) in [4.78, 5) is 21.3. The van der Waals surface area contributed by atoms with Crippen molar-refractivity contribution in [3.8, 4) is 33.8 Å². The second-order valence-electron chi connectivity index (χ2n) is 7.20. The van der Waals surface area contributed by atoms with Crippen LogP contribution in [0, 0.1) is 5.82 Å². The van der Waals surface area contributed by atoms with E-state index in [1.165, 1.54) is 22.9 Å². The highest BCUT2D eigenvalue weighted by Crippen LogP contribution is 2.21. The van der Waals surface area contributed by atoms with E-state index in [1.54, 1.807) is 43.0 Å². The molecule has 0 bridgehead atoms. The van der Waals surface area contributed by atoms with Crippen molar-refractivity contribution < 1.29 is 4.39 Å². The molecule has 5 rings (SSSR count). The third-order valence-corrected chi connectivity index (χ3v) is 5.01. The van der Waals surface area contributed by atoms with Crippen molar-refractivity contribution in [2.75, 3.05) is 0 Å². The first-order valence-corrected chi connectivity index (χ1v) is 9.90.